The van der Waals surface area contributed by atoms with E-state index in [-0.39, 0.29) is 5.91 Å². The maximum absolute atomic E-state index is 11.9. The molecule has 0 saturated carbocycles. The Kier molecular flexibility index (Phi) is 5.30. The quantitative estimate of drug-likeness (QED) is 0.795. The monoisotopic (exact) mass is 379 g/mol. The van der Waals surface area contributed by atoms with Crippen LogP contribution in [0.4, 0.5) is 5.69 Å². The first-order valence-electron chi connectivity index (χ1n) is 9.33. The van der Waals surface area contributed by atoms with Crippen molar-refractivity contribution in [2.75, 3.05) is 12.0 Å². The van der Waals surface area contributed by atoms with Crippen molar-refractivity contribution in [3.05, 3.63) is 59.2 Å². The molecule has 2 N–H and O–H groups in total. The van der Waals surface area contributed by atoms with Gasteiger partial charge in [-0.05, 0) is 50.6 Å². The van der Waals surface area contributed by atoms with Crippen molar-refractivity contribution in [1.29, 1.82) is 5.26 Å². The molecule has 2 aromatic rings. The number of benzene rings is 2. The van der Waals surface area contributed by atoms with E-state index in [1.807, 2.05) is 45.0 Å². The molecule has 0 bridgehead atoms. The van der Waals surface area contributed by atoms with Gasteiger partial charge in [0.05, 0.1) is 17.3 Å². The number of aliphatic hydroxyl groups is 1. The maximum Gasteiger partial charge on any atom is 0.237 e. The second kappa shape index (κ2) is 7.53. The highest BCUT2D eigenvalue weighted by molar-refractivity contribution is 5.75. The third kappa shape index (κ3) is 3.54. The summed E-state index contributed by atoms with van der Waals surface area (Å²) in [4.78, 5) is 11.9. The van der Waals surface area contributed by atoms with Crippen LogP contribution in [-0.4, -0.2) is 34.3 Å². The van der Waals surface area contributed by atoms with E-state index >= 15 is 0 Å². The summed E-state index contributed by atoms with van der Waals surface area (Å²) < 4.78 is 6.02. The Balaban J connectivity index is 2.15. The highest BCUT2D eigenvalue weighted by atomic mass is 16.5. The molecule has 2 aromatic carbocycles. The summed E-state index contributed by atoms with van der Waals surface area (Å²) in [5.41, 5.74) is 5.18. The molecule has 146 valence electrons. The number of hydrogen-bond donors (Lipinski definition) is 2. The molecule has 1 heterocycles. The number of fused-ring (bicyclic) bond motifs is 1. The standard InChI is InChI=1S/C22H25N3O3/c1-5-25(14(2)26)24-18-9-7-6-8-16(18)20-17-12-15(13-23)10-11-19(17)28-22(3,4)21(20)27/h6-12,20-21,24,27H,5H2,1-4H3. The van der Waals surface area contributed by atoms with Crippen molar-refractivity contribution in [3.8, 4) is 11.8 Å². The van der Waals surface area contributed by atoms with Crippen LogP contribution in [0, 0.1) is 11.3 Å². The fourth-order valence-corrected chi connectivity index (χ4v) is 3.60. The Hall–Kier alpha value is -3.04. The molecule has 1 amide bonds. The number of hydrazine groups is 1. The largest absolute Gasteiger partial charge is 0.485 e. The number of aliphatic hydroxyl groups excluding tert-OH is 1. The van der Waals surface area contributed by atoms with Crippen molar-refractivity contribution in [2.24, 2.45) is 0 Å². The molecule has 0 saturated heterocycles. The van der Waals surface area contributed by atoms with E-state index in [9.17, 15) is 15.2 Å². The average molecular weight is 379 g/mol. The Labute approximate surface area is 165 Å². The van der Waals surface area contributed by atoms with E-state index in [0.29, 0.717) is 17.9 Å². The lowest BCUT2D eigenvalue weighted by Crippen LogP contribution is -2.49. The minimum Gasteiger partial charge on any atom is -0.485 e. The molecular formula is C22H25N3O3. The van der Waals surface area contributed by atoms with Crippen LogP contribution in [0.15, 0.2) is 42.5 Å². The lowest BCUT2D eigenvalue weighted by molar-refractivity contribution is -0.127. The molecule has 0 aromatic heterocycles. The van der Waals surface area contributed by atoms with E-state index in [1.165, 1.54) is 11.9 Å². The van der Waals surface area contributed by atoms with Gasteiger partial charge in [-0.3, -0.25) is 15.2 Å². The fourth-order valence-electron chi connectivity index (χ4n) is 3.60. The summed E-state index contributed by atoms with van der Waals surface area (Å²) in [5, 5.41) is 22.0. The third-order valence-electron chi connectivity index (χ3n) is 5.12. The SMILES string of the molecule is CCN(Nc1ccccc1C1c2cc(C#N)ccc2OC(C)(C)C1O)C(C)=O. The maximum atomic E-state index is 11.9. The van der Waals surface area contributed by atoms with Crippen molar-refractivity contribution in [3.63, 3.8) is 0 Å². The average Bonchev–Trinajstić information content (AvgIpc) is 2.67. The molecule has 0 fully saturated rings. The summed E-state index contributed by atoms with van der Waals surface area (Å²) >= 11 is 0. The van der Waals surface area contributed by atoms with E-state index < -0.39 is 17.6 Å². The molecule has 2 atom stereocenters. The molecule has 6 nitrogen and oxygen atoms in total. The lowest BCUT2D eigenvalue weighted by atomic mass is 9.76. The Morgan fingerprint density at radius 2 is 2.00 bits per heavy atom. The van der Waals surface area contributed by atoms with Gasteiger partial charge in [0.15, 0.2) is 0 Å². The molecule has 1 aliphatic rings. The van der Waals surface area contributed by atoms with Gasteiger partial charge in [-0.2, -0.15) is 5.26 Å². The van der Waals surface area contributed by atoms with Crippen LogP contribution in [0.3, 0.4) is 0 Å². The molecule has 1 aliphatic heterocycles. The summed E-state index contributed by atoms with van der Waals surface area (Å²) in [6, 6.07) is 15.0. The number of nitrogens with zero attached hydrogens (tertiary/aromatic N) is 2. The normalized spacial score (nSPS) is 19.7. The summed E-state index contributed by atoms with van der Waals surface area (Å²) in [5.74, 6) is 0.131. The van der Waals surface area contributed by atoms with Crippen LogP contribution in [0.5, 0.6) is 5.75 Å². The Bertz CT molecular complexity index is 933. The lowest BCUT2D eigenvalue weighted by Gasteiger charge is -2.43. The first-order valence-corrected chi connectivity index (χ1v) is 9.33. The highest BCUT2D eigenvalue weighted by Gasteiger charge is 2.44. The van der Waals surface area contributed by atoms with Gasteiger partial charge in [-0.1, -0.05) is 18.2 Å². The van der Waals surface area contributed by atoms with Gasteiger partial charge in [0, 0.05) is 24.9 Å². The number of rotatable bonds is 4. The van der Waals surface area contributed by atoms with Crippen molar-refractivity contribution >= 4 is 11.6 Å². The van der Waals surface area contributed by atoms with Gasteiger partial charge in [0.25, 0.3) is 0 Å². The van der Waals surface area contributed by atoms with Gasteiger partial charge in [0.1, 0.15) is 17.5 Å². The van der Waals surface area contributed by atoms with E-state index in [1.54, 1.807) is 18.2 Å². The van der Waals surface area contributed by atoms with Crippen molar-refractivity contribution in [1.82, 2.24) is 5.01 Å². The second-order valence-corrected chi connectivity index (χ2v) is 7.45. The van der Waals surface area contributed by atoms with Crippen LogP contribution in [0.1, 0.15) is 50.3 Å². The topological polar surface area (TPSA) is 85.6 Å². The second-order valence-electron chi connectivity index (χ2n) is 7.45. The van der Waals surface area contributed by atoms with Gasteiger partial charge in [-0.25, -0.2) is 0 Å². The molecule has 0 spiro atoms. The smallest absolute Gasteiger partial charge is 0.237 e. The summed E-state index contributed by atoms with van der Waals surface area (Å²) in [7, 11) is 0. The minimum atomic E-state index is -0.843. The summed E-state index contributed by atoms with van der Waals surface area (Å²) in [6.07, 6.45) is -0.843. The zero-order chi connectivity index (χ0) is 20.5. The predicted octanol–water partition coefficient (Wildman–Crippen LogP) is 3.42. The number of nitriles is 1. The predicted molar refractivity (Wildman–Crippen MR) is 107 cm³/mol. The van der Waals surface area contributed by atoms with Gasteiger partial charge >= 0.3 is 0 Å². The highest BCUT2D eigenvalue weighted by Crippen LogP contribution is 2.46. The van der Waals surface area contributed by atoms with E-state index in [0.717, 1.165) is 16.8 Å². The van der Waals surface area contributed by atoms with Gasteiger partial charge in [0.2, 0.25) is 5.91 Å². The molecule has 0 radical (unpaired) electrons. The zero-order valence-corrected chi connectivity index (χ0v) is 16.6. The first-order chi connectivity index (χ1) is 13.3. The van der Waals surface area contributed by atoms with E-state index in [4.69, 9.17) is 4.74 Å². The molecule has 3 rings (SSSR count). The van der Waals surface area contributed by atoms with Crippen LogP contribution in [0.2, 0.25) is 0 Å². The molecule has 2 unspecified atom stereocenters. The number of hydrogen-bond acceptors (Lipinski definition) is 5. The third-order valence-corrected chi connectivity index (χ3v) is 5.12. The molecule has 6 heteroatoms. The van der Waals surface area contributed by atoms with Crippen LogP contribution in [-0.2, 0) is 4.79 Å². The number of anilines is 1. The number of carbonyl (C=O) groups excluding carboxylic acids is 1. The fraction of sp³-hybridized carbons (Fsp3) is 0.364. The Morgan fingerprint density at radius 1 is 1.29 bits per heavy atom. The van der Waals surface area contributed by atoms with Crippen molar-refractivity contribution in [2.45, 2.75) is 45.3 Å². The van der Waals surface area contributed by atoms with Crippen LogP contribution < -0.4 is 10.2 Å². The number of carbonyl (C=O) groups is 1. The van der Waals surface area contributed by atoms with Crippen molar-refractivity contribution < 1.29 is 14.6 Å². The van der Waals surface area contributed by atoms with Crippen LogP contribution in [0.25, 0.3) is 0 Å². The zero-order valence-electron chi connectivity index (χ0n) is 16.6. The van der Waals surface area contributed by atoms with Gasteiger partial charge in [-0.15, -0.1) is 0 Å². The number of ether oxygens (including phenoxy) is 1. The first kappa shape index (κ1) is 19.7. The van der Waals surface area contributed by atoms with E-state index in [2.05, 4.69) is 11.5 Å². The molecule has 0 aliphatic carbocycles. The number of nitrogens with one attached hydrogen (secondary N) is 1. The molecule has 28 heavy (non-hydrogen) atoms. The molecular weight excluding hydrogens is 354 g/mol. The Morgan fingerprint density at radius 3 is 2.64 bits per heavy atom. The van der Waals surface area contributed by atoms with Crippen LogP contribution >= 0.6 is 0 Å². The number of amides is 1. The number of para-hydroxylation sites is 1. The summed E-state index contributed by atoms with van der Waals surface area (Å²) in [6.45, 7) is 7.57. The van der Waals surface area contributed by atoms with Gasteiger partial charge < -0.3 is 9.84 Å². The minimum absolute atomic E-state index is 0.0997.